The van der Waals surface area contributed by atoms with Crippen molar-refractivity contribution in [3.05, 3.63) is 89.6 Å². The highest BCUT2D eigenvalue weighted by molar-refractivity contribution is 6.03. The topological polar surface area (TPSA) is 58.3 Å². The normalized spacial score (nSPS) is 15.9. The van der Waals surface area contributed by atoms with Crippen molar-refractivity contribution in [2.45, 2.75) is 19.0 Å². The number of carbonyl (C=O) groups excluding carboxylic acids is 1. The number of carbonyl (C=O) groups is 1. The number of amides is 1. The molecule has 0 saturated carbocycles. The van der Waals surface area contributed by atoms with Crippen molar-refractivity contribution in [2.24, 2.45) is 5.10 Å². The van der Waals surface area contributed by atoms with Gasteiger partial charge in [0.1, 0.15) is 23.4 Å². The standard InChI is InChI=1S/C24H24FN3O3/c1-27(15-17-5-9-19(25)10-6-17)16-24(29)28-22(23-4-3-13-31-23)14-21(26-28)18-7-11-20(30-2)12-8-18/h3-13,22H,14-16H2,1-2H3/t22-/m0/s1. The third-order valence-corrected chi connectivity index (χ3v) is 5.23. The number of methoxy groups -OCH3 is 1. The molecule has 0 aliphatic carbocycles. The third-order valence-electron chi connectivity index (χ3n) is 5.23. The Bertz CT molecular complexity index is 1050. The molecule has 7 heteroatoms. The van der Waals surface area contributed by atoms with Crippen molar-refractivity contribution in [1.82, 2.24) is 9.91 Å². The Morgan fingerprint density at radius 1 is 1.19 bits per heavy atom. The number of hydrogen-bond acceptors (Lipinski definition) is 5. The quantitative estimate of drug-likeness (QED) is 0.573. The number of furan rings is 1. The fourth-order valence-electron chi connectivity index (χ4n) is 3.66. The summed E-state index contributed by atoms with van der Waals surface area (Å²) in [5.41, 5.74) is 2.69. The maximum Gasteiger partial charge on any atom is 0.257 e. The van der Waals surface area contributed by atoms with Crippen LogP contribution in [0.1, 0.15) is 29.3 Å². The molecule has 3 aromatic rings. The maximum atomic E-state index is 13.1. The lowest BCUT2D eigenvalue weighted by Gasteiger charge is -2.23. The van der Waals surface area contributed by atoms with Gasteiger partial charge in [-0.25, -0.2) is 9.40 Å². The lowest BCUT2D eigenvalue weighted by Crippen LogP contribution is -2.36. The van der Waals surface area contributed by atoms with E-state index in [0.29, 0.717) is 18.7 Å². The number of nitrogens with zero attached hydrogens (tertiary/aromatic N) is 3. The molecule has 1 aliphatic rings. The number of hydrazone groups is 1. The van der Waals surface area contributed by atoms with Crippen LogP contribution < -0.4 is 4.74 Å². The summed E-state index contributed by atoms with van der Waals surface area (Å²) in [6.07, 6.45) is 2.16. The van der Waals surface area contributed by atoms with Crippen LogP contribution in [-0.4, -0.2) is 42.2 Å². The summed E-state index contributed by atoms with van der Waals surface area (Å²) in [6.45, 7) is 0.703. The molecule has 1 aromatic heterocycles. The molecule has 4 rings (SSSR count). The zero-order valence-corrected chi connectivity index (χ0v) is 17.5. The van der Waals surface area contributed by atoms with Crippen LogP contribution in [0.3, 0.4) is 0 Å². The van der Waals surface area contributed by atoms with Gasteiger partial charge in [-0.15, -0.1) is 0 Å². The smallest absolute Gasteiger partial charge is 0.257 e. The molecule has 1 aliphatic heterocycles. The van der Waals surface area contributed by atoms with Crippen molar-refractivity contribution in [3.8, 4) is 5.75 Å². The molecule has 6 nitrogen and oxygen atoms in total. The second-order valence-corrected chi connectivity index (χ2v) is 7.55. The van der Waals surface area contributed by atoms with Crippen molar-refractivity contribution in [2.75, 3.05) is 20.7 Å². The molecule has 0 fully saturated rings. The minimum absolute atomic E-state index is 0.130. The zero-order valence-electron chi connectivity index (χ0n) is 17.5. The van der Waals surface area contributed by atoms with Gasteiger partial charge >= 0.3 is 0 Å². The van der Waals surface area contributed by atoms with E-state index in [1.54, 1.807) is 25.5 Å². The van der Waals surface area contributed by atoms with E-state index in [4.69, 9.17) is 9.15 Å². The first-order chi connectivity index (χ1) is 15.0. The van der Waals surface area contributed by atoms with E-state index in [1.807, 2.05) is 48.3 Å². The summed E-state index contributed by atoms with van der Waals surface area (Å²) in [4.78, 5) is 15.0. The van der Waals surface area contributed by atoms with Gasteiger partial charge in [-0.1, -0.05) is 12.1 Å². The van der Waals surface area contributed by atoms with E-state index in [0.717, 1.165) is 22.6 Å². The van der Waals surface area contributed by atoms with E-state index in [-0.39, 0.29) is 24.3 Å². The second-order valence-electron chi connectivity index (χ2n) is 7.55. The van der Waals surface area contributed by atoms with Gasteiger partial charge in [0.05, 0.1) is 25.6 Å². The minimum atomic E-state index is -0.293. The molecule has 2 aromatic carbocycles. The second kappa shape index (κ2) is 9.14. The Hall–Kier alpha value is -3.45. The molecule has 0 unspecified atom stereocenters. The van der Waals surface area contributed by atoms with Gasteiger partial charge in [0, 0.05) is 13.0 Å². The lowest BCUT2D eigenvalue weighted by atomic mass is 10.0. The fraction of sp³-hybridized carbons (Fsp3) is 0.250. The molecule has 31 heavy (non-hydrogen) atoms. The number of ether oxygens (including phenoxy) is 1. The highest BCUT2D eigenvalue weighted by Gasteiger charge is 2.35. The molecule has 160 valence electrons. The molecule has 0 saturated heterocycles. The Kier molecular flexibility index (Phi) is 6.13. The summed E-state index contributed by atoms with van der Waals surface area (Å²) in [7, 11) is 3.48. The fourth-order valence-corrected chi connectivity index (χ4v) is 3.66. The van der Waals surface area contributed by atoms with Crippen LogP contribution in [0, 0.1) is 5.82 Å². The average molecular weight is 421 g/mol. The van der Waals surface area contributed by atoms with E-state index >= 15 is 0 Å². The average Bonchev–Trinajstić information content (AvgIpc) is 3.45. The number of rotatable bonds is 7. The Labute approximate surface area is 180 Å². The van der Waals surface area contributed by atoms with Crippen LogP contribution in [0.5, 0.6) is 5.75 Å². The van der Waals surface area contributed by atoms with Gasteiger partial charge < -0.3 is 9.15 Å². The zero-order chi connectivity index (χ0) is 21.8. The van der Waals surface area contributed by atoms with Gasteiger partial charge in [-0.3, -0.25) is 9.69 Å². The molecular weight excluding hydrogens is 397 g/mol. The Morgan fingerprint density at radius 2 is 1.94 bits per heavy atom. The Balaban J connectivity index is 1.51. The SMILES string of the molecule is COc1ccc(C2=NN(C(=O)CN(C)Cc3ccc(F)cc3)[C@H](c3ccco3)C2)cc1. The summed E-state index contributed by atoms with van der Waals surface area (Å²) in [5.74, 6) is 1.05. The number of halogens is 1. The summed E-state index contributed by atoms with van der Waals surface area (Å²) >= 11 is 0. The van der Waals surface area contributed by atoms with Crippen LogP contribution in [0.15, 0.2) is 76.4 Å². The lowest BCUT2D eigenvalue weighted by molar-refractivity contribution is -0.134. The molecule has 0 bridgehead atoms. The molecule has 2 heterocycles. The summed E-state index contributed by atoms with van der Waals surface area (Å²) < 4.78 is 23.9. The highest BCUT2D eigenvalue weighted by atomic mass is 19.1. The predicted molar refractivity (Wildman–Crippen MR) is 115 cm³/mol. The van der Waals surface area contributed by atoms with Crippen molar-refractivity contribution < 1.29 is 18.3 Å². The molecular formula is C24H24FN3O3. The van der Waals surface area contributed by atoms with Crippen molar-refractivity contribution in [1.29, 1.82) is 0 Å². The van der Waals surface area contributed by atoms with E-state index in [2.05, 4.69) is 5.10 Å². The number of benzene rings is 2. The van der Waals surface area contributed by atoms with Crippen LogP contribution in [-0.2, 0) is 11.3 Å². The van der Waals surface area contributed by atoms with Crippen molar-refractivity contribution in [3.63, 3.8) is 0 Å². The Morgan fingerprint density at radius 3 is 2.58 bits per heavy atom. The van der Waals surface area contributed by atoms with Gasteiger partial charge in [0.2, 0.25) is 0 Å². The van der Waals surface area contributed by atoms with Crippen LogP contribution >= 0.6 is 0 Å². The maximum absolute atomic E-state index is 13.1. The van der Waals surface area contributed by atoms with E-state index < -0.39 is 0 Å². The monoisotopic (exact) mass is 421 g/mol. The summed E-state index contributed by atoms with van der Waals surface area (Å²) in [6, 6.07) is 17.3. The van der Waals surface area contributed by atoms with Gasteiger partial charge in [0.15, 0.2) is 0 Å². The molecule has 0 N–H and O–H groups in total. The molecule has 0 radical (unpaired) electrons. The van der Waals surface area contributed by atoms with Crippen LogP contribution in [0.25, 0.3) is 0 Å². The first kappa shape index (κ1) is 20.8. The van der Waals surface area contributed by atoms with Crippen LogP contribution in [0.4, 0.5) is 4.39 Å². The number of hydrogen-bond donors (Lipinski definition) is 0. The third kappa shape index (κ3) is 4.83. The highest BCUT2D eigenvalue weighted by Crippen LogP contribution is 2.33. The molecule has 0 spiro atoms. The van der Waals surface area contributed by atoms with Crippen molar-refractivity contribution >= 4 is 11.6 Å². The van der Waals surface area contributed by atoms with E-state index in [9.17, 15) is 9.18 Å². The van der Waals surface area contributed by atoms with Gasteiger partial charge in [0.25, 0.3) is 5.91 Å². The first-order valence-corrected chi connectivity index (χ1v) is 10.0. The minimum Gasteiger partial charge on any atom is -0.497 e. The largest absolute Gasteiger partial charge is 0.497 e. The number of likely N-dealkylation sites (N-methyl/N-ethyl adjacent to an activating group) is 1. The summed E-state index contributed by atoms with van der Waals surface area (Å²) in [5, 5.41) is 6.16. The predicted octanol–water partition coefficient (Wildman–Crippen LogP) is 4.24. The molecule has 1 atom stereocenters. The van der Waals surface area contributed by atoms with Gasteiger partial charge in [-0.2, -0.15) is 5.10 Å². The molecule has 1 amide bonds. The van der Waals surface area contributed by atoms with Crippen LogP contribution in [0.2, 0.25) is 0 Å². The van der Waals surface area contributed by atoms with Gasteiger partial charge in [-0.05, 0) is 66.7 Å². The van der Waals surface area contributed by atoms with E-state index in [1.165, 1.54) is 17.1 Å². The first-order valence-electron chi connectivity index (χ1n) is 10.0.